The zero-order valence-corrected chi connectivity index (χ0v) is 10.7. The molecular formula is C10H11Br2NO. The molecule has 1 N–H and O–H groups in total. The summed E-state index contributed by atoms with van der Waals surface area (Å²) in [5.41, 5.74) is 1.23. The van der Waals surface area contributed by atoms with Crippen molar-refractivity contribution in [1.82, 2.24) is 5.32 Å². The van der Waals surface area contributed by atoms with Crippen LogP contribution in [0.15, 0.2) is 30.3 Å². The lowest BCUT2D eigenvalue weighted by Crippen LogP contribution is -2.29. The average molecular weight is 321 g/mol. The fourth-order valence-electron chi connectivity index (χ4n) is 1.05. The SMILES string of the molecule is O=C(NCCc1ccccc1)C(Br)Br. The van der Waals surface area contributed by atoms with E-state index in [1.165, 1.54) is 5.56 Å². The molecule has 0 heterocycles. The van der Waals surface area contributed by atoms with Crippen LogP contribution in [0.25, 0.3) is 0 Å². The summed E-state index contributed by atoms with van der Waals surface area (Å²) in [7, 11) is 0. The lowest BCUT2D eigenvalue weighted by Gasteiger charge is -2.05. The number of halogens is 2. The summed E-state index contributed by atoms with van der Waals surface area (Å²) in [5, 5.41) is 2.80. The van der Waals surface area contributed by atoms with Crippen LogP contribution < -0.4 is 5.32 Å². The Balaban J connectivity index is 2.26. The molecule has 0 saturated heterocycles. The normalized spacial score (nSPS) is 10.2. The Labute approximate surface area is 100 Å². The molecule has 0 radical (unpaired) electrons. The first-order valence-corrected chi connectivity index (χ1v) is 6.13. The van der Waals surface area contributed by atoms with Crippen LogP contribution in [0, 0.1) is 0 Å². The standard InChI is InChI=1S/C10H11Br2NO/c11-9(12)10(14)13-7-6-8-4-2-1-3-5-8/h1-5,9H,6-7H2,(H,13,14). The maximum Gasteiger partial charge on any atom is 0.244 e. The van der Waals surface area contributed by atoms with Crippen molar-refractivity contribution in [3.63, 3.8) is 0 Å². The van der Waals surface area contributed by atoms with E-state index >= 15 is 0 Å². The summed E-state index contributed by atoms with van der Waals surface area (Å²) in [4.78, 5) is 11.1. The fraction of sp³-hybridized carbons (Fsp3) is 0.300. The molecule has 0 aliphatic carbocycles. The molecule has 0 aromatic heterocycles. The van der Waals surface area contributed by atoms with Gasteiger partial charge in [0.2, 0.25) is 5.91 Å². The highest BCUT2D eigenvalue weighted by molar-refractivity contribution is 9.25. The smallest absolute Gasteiger partial charge is 0.244 e. The Hall–Kier alpha value is -0.350. The van der Waals surface area contributed by atoms with Gasteiger partial charge in [-0.1, -0.05) is 62.2 Å². The third-order valence-electron chi connectivity index (χ3n) is 1.75. The maximum atomic E-state index is 11.1. The molecule has 0 atom stereocenters. The van der Waals surface area contributed by atoms with Crippen LogP contribution in [0.4, 0.5) is 0 Å². The number of hydrogen-bond donors (Lipinski definition) is 1. The molecule has 14 heavy (non-hydrogen) atoms. The molecule has 1 amide bonds. The van der Waals surface area contributed by atoms with Gasteiger partial charge in [0, 0.05) is 6.54 Å². The van der Waals surface area contributed by atoms with Crippen molar-refractivity contribution in [2.75, 3.05) is 6.54 Å². The van der Waals surface area contributed by atoms with Gasteiger partial charge in [0.15, 0.2) is 0 Å². The molecule has 0 aliphatic heterocycles. The van der Waals surface area contributed by atoms with E-state index in [1.807, 2.05) is 30.3 Å². The first kappa shape index (κ1) is 11.7. The van der Waals surface area contributed by atoms with Crippen LogP contribution in [0.1, 0.15) is 5.56 Å². The molecule has 0 unspecified atom stereocenters. The molecule has 0 fully saturated rings. The third kappa shape index (κ3) is 4.24. The molecule has 76 valence electrons. The molecule has 1 rings (SSSR count). The van der Waals surface area contributed by atoms with E-state index in [4.69, 9.17) is 0 Å². The number of carbonyl (C=O) groups excluding carboxylic acids is 1. The first-order valence-electron chi connectivity index (χ1n) is 4.30. The minimum Gasteiger partial charge on any atom is -0.354 e. The predicted molar refractivity (Wildman–Crippen MR) is 64.8 cm³/mol. The Morgan fingerprint density at radius 1 is 1.29 bits per heavy atom. The molecule has 2 nitrogen and oxygen atoms in total. The van der Waals surface area contributed by atoms with Crippen molar-refractivity contribution in [2.24, 2.45) is 0 Å². The molecule has 1 aromatic carbocycles. The van der Waals surface area contributed by atoms with Gasteiger partial charge in [-0.05, 0) is 12.0 Å². The van der Waals surface area contributed by atoms with Gasteiger partial charge in [0.1, 0.15) is 3.74 Å². The van der Waals surface area contributed by atoms with E-state index in [0.29, 0.717) is 6.54 Å². The van der Waals surface area contributed by atoms with E-state index in [-0.39, 0.29) is 9.64 Å². The molecule has 0 bridgehead atoms. The van der Waals surface area contributed by atoms with Gasteiger partial charge < -0.3 is 5.32 Å². The summed E-state index contributed by atoms with van der Waals surface area (Å²) in [6, 6.07) is 10.1. The minimum atomic E-state index is -0.300. The molecule has 4 heteroatoms. The minimum absolute atomic E-state index is 0.0408. The molecule has 0 aliphatic rings. The monoisotopic (exact) mass is 319 g/mol. The molecule has 1 aromatic rings. The zero-order chi connectivity index (χ0) is 10.4. The highest BCUT2D eigenvalue weighted by Gasteiger charge is 2.08. The Morgan fingerprint density at radius 3 is 2.50 bits per heavy atom. The van der Waals surface area contributed by atoms with Crippen LogP contribution in [0.3, 0.4) is 0 Å². The highest BCUT2D eigenvalue weighted by Crippen LogP contribution is 2.07. The van der Waals surface area contributed by atoms with Crippen LogP contribution >= 0.6 is 31.9 Å². The van der Waals surface area contributed by atoms with E-state index in [2.05, 4.69) is 37.2 Å². The van der Waals surface area contributed by atoms with Gasteiger partial charge >= 0.3 is 0 Å². The van der Waals surface area contributed by atoms with Crippen molar-refractivity contribution in [2.45, 2.75) is 10.2 Å². The number of amides is 1. The molecule has 0 spiro atoms. The van der Waals surface area contributed by atoms with Gasteiger partial charge in [0.05, 0.1) is 0 Å². The summed E-state index contributed by atoms with van der Waals surface area (Å²) in [6.07, 6.45) is 0.860. The second-order valence-corrected chi connectivity index (χ2v) is 5.89. The molecular weight excluding hydrogens is 310 g/mol. The summed E-state index contributed by atoms with van der Waals surface area (Å²) >= 11 is 6.26. The molecule has 0 saturated carbocycles. The van der Waals surface area contributed by atoms with E-state index < -0.39 is 0 Å². The van der Waals surface area contributed by atoms with Crippen LogP contribution in [-0.4, -0.2) is 16.2 Å². The Kier molecular flexibility index (Phi) is 5.19. The van der Waals surface area contributed by atoms with Crippen molar-refractivity contribution >= 4 is 37.8 Å². The van der Waals surface area contributed by atoms with Crippen LogP contribution in [0.5, 0.6) is 0 Å². The van der Waals surface area contributed by atoms with Crippen molar-refractivity contribution < 1.29 is 4.79 Å². The fourth-order valence-corrected chi connectivity index (χ4v) is 1.38. The second-order valence-electron chi connectivity index (χ2n) is 2.83. The summed E-state index contributed by atoms with van der Waals surface area (Å²) in [5.74, 6) is -0.0408. The van der Waals surface area contributed by atoms with Gasteiger partial charge in [0.25, 0.3) is 0 Å². The predicted octanol–water partition coefficient (Wildman–Crippen LogP) is 2.46. The quantitative estimate of drug-likeness (QED) is 0.848. The second kappa shape index (κ2) is 6.19. The van der Waals surface area contributed by atoms with Gasteiger partial charge in [-0.25, -0.2) is 0 Å². The van der Waals surface area contributed by atoms with Gasteiger partial charge in [-0.2, -0.15) is 0 Å². The number of rotatable bonds is 4. The van der Waals surface area contributed by atoms with Crippen LogP contribution in [0.2, 0.25) is 0 Å². The summed E-state index contributed by atoms with van der Waals surface area (Å²) < 4.78 is -0.300. The van der Waals surface area contributed by atoms with Crippen molar-refractivity contribution in [3.8, 4) is 0 Å². The van der Waals surface area contributed by atoms with E-state index in [0.717, 1.165) is 6.42 Å². The van der Waals surface area contributed by atoms with Crippen LogP contribution in [-0.2, 0) is 11.2 Å². The highest BCUT2D eigenvalue weighted by atomic mass is 79.9. The number of nitrogens with one attached hydrogen (secondary N) is 1. The maximum absolute atomic E-state index is 11.1. The number of alkyl halides is 2. The topological polar surface area (TPSA) is 29.1 Å². The third-order valence-corrected chi connectivity index (χ3v) is 2.59. The Morgan fingerprint density at radius 2 is 1.93 bits per heavy atom. The largest absolute Gasteiger partial charge is 0.354 e. The lowest BCUT2D eigenvalue weighted by atomic mass is 10.1. The zero-order valence-electron chi connectivity index (χ0n) is 7.54. The number of carbonyl (C=O) groups is 1. The first-order chi connectivity index (χ1) is 6.70. The lowest BCUT2D eigenvalue weighted by molar-refractivity contribution is -0.118. The van der Waals surface area contributed by atoms with E-state index in [1.54, 1.807) is 0 Å². The van der Waals surface area contributed by atoms with E-state index in [9.17, 15) is 4.79 Å². The summed E-state index contributed by atoms with van der Waals surface area (Å²) in [6.45, 7) is 0.663. The number of hydrogen-bond acceptors (Lipinski definition) is 1. The van der Waals surface area contributed by atoms with Crippen molar-refractivity contribution in [3.05, 3.63) is 35.9 Å². The van der Waals surface area contributed by atoms with Gasteiger partial charge in [-0.15, -0.1) is 0 Å². The average Bonchev–Trinajstić information content (AvgIpc) is 2.19. The van der Waals surface area contributed by atoms with Gasteiger partial charge in [-0.3, -0.25) is 4.79 Å². The number of benzene rings is 1. The Bertz CT molecular complexity index is 287. The van der Waals surface area contributed by atoms with Crippen molar-refractivity contribution in [1.29, 1.82) is 0 Å².